The lowest BCUT2D eigenvalue weighted by atomic mass is 9.53. The van der Waals surface area contributed by atoms with Gasteiger partial charge in [-0.25, -0.2) is 0 Å². The van der Waals surface area contributed by atoms with E-state index in [1.54, 1.807) is 6.92 Å². The van der Waals surface area contributed by atoms with E-state index in [1.165, 1.54) is 0 Å². The Morgan fingerprint density at radius 1 is 1.40 bits per heavy atom. The van der Waals surface area contributed by atoms with Gasteiger partial charge in [-0.1, -0.05) is 13.8 Å². The summed E-state index contributed by atoms with van der Waals surface area (Å²) in [6.07, 6.45) is 1.28. The van der Waals surface area contributed by atoms with E-state index in [0.717, 1.165) is 6.42 Å². The number of ether oxygens (including phenoxy) is 1. The van der Waals surface area contributed by atoms with Gasteiger partial charge in [-0.05, 0) is 31.6 Å². The third kappa shape index (κ3) is 2.39. The van der Waals surface area contributed by atoms with Crippen molar-refractivity contribution in [1.29, 1.82) is 0 Å². The molecule has 0 amide bonds. The Kier molecular flexibility index (Phi) is 3.53. The molecule has 0 aromatic heterocycles. The molecular formula is C12H20O3. The van der Waals surface area contributed by atoms with Crippen molar-refractivity contribution < 1.29 is 14.3 Å². The highest BCUT2D eigenvalue weighted by atomic mass is 16.5. The second kappa shape index (κ2) is 4.33. The second-order valence-corrected chi connectivity index (χ2v) is 4.93. The zero-order chi connectivity index (χ0) is 11.6. The predicted molar refractivity (Wildman–Crippen MR) is 57.3 cm³/mol. The number of esters is 1. The zero-order valence-corrected chi connectivity index (χ0v) is 10.0. The van der Waals surface area contributed by atoms with Crippen LogP contribution in [0.25, 0.3) is 0 Å². The quantitative estimate of drug-likeness (QED) is 0.671. The van der Waals surface area contributed by atoms with Crippen LogP contribution in [0, 0.1) is 17.3 Å². The zero-order valence-electron chi connectivity index (χ0n) is 10.0. The van der Waals surface area contributed by atoms with Gasteiger partial charge < -0.3 is 4.74 Å². The molecule has 1 aliphatic rings. The van der Waals surface area contributed by atoms with Crippen LogP contribution in [0.5, 0.6) is 0 Å². The van der Waals surface area contributed by atoms with E-state index in [-0.39, 0.29) is 23.1 Å². The molecule has 0 bridgehead atoms. The van der Waals surface area contributed by atoms with Crippen LogP contribution < -0.4 is 0 Å². The number of hydrogen-bond acceptors (Lipinski definition) is 3. The molecule has 0 heterocycles. The first kappa shape index (κ1) is 12.2. The fraction of sp³-hybridized carbons (Fsp3) is 0.833. The van der Waals surface area contributed by atoms with Crippen LogP contribution in [0.15, 0.2) is 0 Å². The SMILES string of the molecule is CCOC(=O)C[C@H]1C[C@@H](C(C)=O)C1(C)C. The summed E-state index contributed by atoms with van der Waals surface area (Å²) >= 11 is 0. The van der Waals surface area contributed by atoms with E-state index in [1.807, 2.05) is 6.92 Å². The smallest absolute Gasteiger partial charge is 0.306 e. The lowest BCUT2D eigenvalue weighted by Crippen LogP contribution is -2.49. The molecule has 1 aliphatic carbocycles. The summed E-state index contributed by atoms with van der Waals surface area (Å²) in [5, 5.41) is 0. The Morgan fingerprint density at radius 3 is 2.40 bits per heavy atom. The van der Waals surface area contributed by atoms with E-state index in [0.29, 0.717) is 18.9 Å². The van der Waals surface area contributed by atoms with Crippen LogP contribution in [-0.2, 0) is 14.3 Å². The van der Waals surface area contributed by atoms with E-state index < -0.39 is 0 Å². The van der Waals surface area contributed by atoms with E-state index >= 15 is 0 Å². The van der Waals surface area contributed by atoms with Crippen molar-refractivity contribution in [2.75, 3.05) is 6.61 Å². The highest BCUT2D eigenvalue weighted by Gasteiger charge is 2.50. The van der Waals surface area contributed by atoms with Gasteiger partial charge in [-0.15, -0.1) is 0 Å². The first-order valence-electron chi connectivity index (χ1n) is 5.55. The summed E-state index contributed by atoms with van der Waals surface area (Å²) in [6, 6.07) is 0. The fourth-order valence-corrected chi connectivity index (χ4v) is 2.47. The van der Waals surface area contributed by atoms with Crippen molar-refractivity contribution in [3.63, 3.8) is 0 Å². The van der Waals surface area contributed by atoms with Crippen LogP contribution in [0.1, 0.15) is 40.5 Å². The third-order valence-electron chi connectivity index (χ3n) is 3.68. The molecule has 0 aromatic rings. The largest absolute Gasteiger partial charge is 0.466 e. The lowest BCUT2D eigenvalue weighted by Gasteiger charge is -2.50. The molecule has 1 fully saturated rings. The van der Waals surface area contributed by atoms with Crippen molar-refractivity contribution in [1.82, 2.24) is 0 Å². The van der Waals surface area contributed by atoms with E-state index in [9.17, 15) is 9.59 Å². The molecule has 0 N–H and O–H groups in total. The van der Waals surface area contributed by atoms with Crippen molar-refractivity contribution in [3.8, 4) is 0 Å². The Morgan fingerprint density at radius 2 is 2.00 bits per heavy atom. The molecule has 1 saturated carbocycles. The van der Waals surface area contributed by atoms with Crippen LogP contribution >= 0.6 is 0 Å². The van der Waals surface area contributed by atoms with Gasteiger partial charge in [0.05, 0.1) is 6.61 Å². The molecule has 0 spiro atoms. The summed E-state index contributed by atoms with van der Waals surface area (Å²) in [6.45, 7) is 8.00. The Labute approximate surface area is 91.2 Å². The maximum atomic E-state index is 11.3. The summed E-state index contributed by atoms with van der Waals surface area (Å²) in [4.78, 5) is 22.6. The van der Waals surface area contributed by atoms with E-state index in [2.05, 4.69) is 13.8 Å². The molecule has 2 atom stereocenters. The summed E-state index contributed by atoms with van der Waals surface area (Å²) in [5.41, 5.74) is -0.0431. The predicted octanol–water partition coefficient (Wildman–Crippen LogP) is 2.19. The maximum absolute atomic E-state index is 11.3. The minimum Gasteiger partial charge on any atom is -0.466 e. The Balaban J connectivity index is 2.48. The fourth-order valence-electron chi connectivity index (χ4n) is 2.47. The maximum Gasteiger partial charge on any atom is 0.306 e. The topological polar surface area (TPSA) is 43.4 Å². The van der Waals surface area contributed by atoms with Crippen LogP contribution in [0.4, 0.5) is 0 Å². The van der Waals surface area contributed by atoms with Crippen LogP contribution in [0.3, 0.4) is 0 Å². The monoisotopic (exact) mass is 212 g/mol. The highest BCUT2D eigenvalue weighted by molar-refractivity contribution is 5.81. The summed E-state index contributed by atoms with van der Waals surface area (Å²) < 4.78 is 4.91. The normalized spacial score (nSPS) is 28.0. The van der Waals surface area contributed by atoms with Crippen molar-refractivity contribution in [3.05, 3.63) is 0 Å². The van der Waals surface area contributed by atoms with Gasteiger partial charge in [-0.3, -0.25) is 9.59 Å². The van der Waals surface area contributed by atoms with Crippen molar-refractivity contribution in [2.24, 2.45) is 17.3 Å². The molecule has 3 heteroatoms. The number of hydrogen-bond donors (Lipinski definition) is 0. The second-order valence-electron chi connectivity index (χ2n) is 4.93. The summed E-state index contributed by atoms with van der Waals surface area (Å²) in [5.74, 6) is 0.514. The molecule has 86 valence electrons. The first-order valence-corrected chi connectivity index (χ1v) is 5.55. The number of carbonyl (C=O) groups excluding carboxylic acids is 2. The summed E-state index contributed by atoms with van der Waals surface area (Å²) in [7, 11) is 0. The van der Waals surface area contributed by atoms with Gasteiger partial charge in [0.1, 0.15) is 5.78 Å². The molecule has 0 radical (unpaired) electrons. The Bertz CT molecular complexity index is 268. The standard InChI is InChI=1S/C12H20O3/c1-5-15-11(14)7-9-6-10(8(2)13)12(9,3)4/h9-10H,5-7H2,1-4H3/t9-,10+/m1/s1. The van der Waals surface area contributed by atoms with Gasteiger partial charge in [0.25, 0.3) is 0 Å². The van der Waals surface area contributed by atoms with Gasteiger partial charge in [0, 0.05) is 12.3 Å². The number of Topliss-reactive ketones (excluding diaryl/α,β-unsaturated/α-hetero) is 1. The minimum atomic E-state index is -0.141. The average molecular weight is 212 g/mol. The number of carbonyl (C=O) groups is 2. The molecular weight excluding hydrogens is 192 g/mol. The first-order chi connectivity index (χ1) is 6.89. The van der Waals surface area contributed by atoms with Crippen molar-refractivity contribution in [2.45, 2.75) is 40.5 Å². The Hall–Kier alpha value is -0.860. The lowest BCUT2D eigenvalue weighted by molar-refractivity contribution is -0.153. The minimum absolute atomic E-state index is 0.0431. The number of rotatable bonds is 4. The third-order valence-corrected chi connectivity index (χ3v) is 3.68. The van der Waals surface area contributed by atoms with Crippen LogP contribution in [0.2, 0.25) is 0 Å². The molecule has 0 saturated heterocycles. The average Bonchev–Trinajstić information content (AvgIpc) is 2.11. The molecule has 1 rings (SSSR count). The molecule has 15 heavy (non-hydrogen) atoms. The van der Waals surface area contributed by atoms with Crippen molar-refractivity contribution >= 4 is 11.8 Å². The molecule has 0 aromatic carbocycles. The van der Waals surface area contributed by atoms with E-state index in [4.69, 9.17) is 4.74 Å². The number of ketones is 1. The van der Waals surface area contributed by atoms with Gasteiger partial charge in [0.15, 0.2) is 0 Å². The van der Waals surface area contributed by atoms with Gasteiger partial charge >= 0.3 is 5.97 Å². The molecule has 0 unspecified atom stereocenters. The van der Waals surface area contributed by atoms with Gasteiger partial charge in [0.2, 0.25) is 0 Å². The molecule has 3 nitrogen and oxygen atoms in total. The highest BCUT2D eigenvalue weighted by Crippen LogP contribution is 2.53. The molecule has 0 aliphatic heterocycles. The van der Waals surface area contributed by atoms with Gasteiger partial charge in [-0.2, -0.15) is 0 Å². The van der Waals surface area contributed by atoms with Crippen LogP contribution in [-0.4, -0.2) is 18.4 Å².